The molecule has 0 aromatic heterocycles. The molecule has 8 nitrogen and oxygen atoms in total. The van der Waals surface area contributed by atoms with E-state index in [0.717, 1.165) is 42.4 Å². The van der Waals surface area contributed by atoms with Crippen LogP contribution in [0.1, 0.15) is 62.2 Å². The van der Waals surface area contributed by atoms with Crippen molar-refractivity contribution in [3.63, 3.8) is 0 Å². The van der Waals surface area contributed by atoms with Crippen molar-refractivity contribution in [3.8, 4) is 0 Å². The molecule has 4 saturated carbocycles. The predicted octanol–water partition coefficient (Wildman–Crippen LogP) is 4.23. The largest absolute Gasteiger partial charge is 0.350 e. The number of nitro benzene ring substituents is 2. The highest BCUT2D eigenvalue weighted by atomic mass is 16.6. The highest BCUT2D eigenvalue weighted by Gasteiger charge is 2.51. The molecule has 0 saturated heterocycles. The summed E-state index contributed by atoms with van der Waals surface area (Å²) in [6.07, 6.45) is 8.69. The van der Waals surface area contributed by atoms with Gasteiger partial charge < -0.3 is 5.32 Å². The van der Waals surface area contributed by atoms with Crippen LogP contribution in [0, 0.1) is 43.4 Å². The van der Waals surface area contributed by atoms with E-state index < -0.39 is 27.1 Å². The van der Waals surface area contributed by atoms with E-state index in [1.54, 1.807) is 0 Å². The fraction of sp³-hybridized carbons (Fsp3) is 0.650. The average molecular weight is 387 g/mol. The molecule has 1 unspecified atom stereocenters. The molecule has 8 heteroatoms. The summed E-state index contributed by atoms with van der Waals surface area (Å²) in [6, 6.07) is 2.98. The molecule has 1 amide bonds. The number of non-ortho nitro benzene ring substituents is 2. The standard InChI is InChI=1S/C20H25N3O5/c1-12(8-20-9-13-2-14(10-20)4-15(3-13)11-20)21-19(24)16-5-17(22(25)26)7-18(6-16)23(27)28/h5-7,12-15H,2-4,8-11H2,1H3,(H,21,24). The van der Waals surface area contributed by atoms with Crippen LogP contribution in [0.15, 0.2) is 18.2 Å². The van der Waals surface area contributed by atoms with Crippen molar-refractivity contribution in [1.29, 1.82) is 0 Å². The number of nitro groups is 2. The van der Waals surface area contributed by atoms with Crippen molar-refractivity contribution in [2.45, 2.75) is 57.9 Å². The molecule has 28 heavy (non-hydrogen) atoms. The van der Waals surface area contributed by atoms with E-state index in [-0.39, 0.29) is 11.6 Å². The van der Waals surface area contributed by atoms with Gasteiger partial charge in [0.25, 0.3) is 17.3 Å². The molecule has 150 valence electrons. The van der Waals surface area contributed by atoms with Gasteiger partial charge in [-0.3, -0.25) is 25.0 Å². The van der Waals surface area contributed by atoms with Crippen molar-refractivity contribution < 1.29 is 14.6 Å². The van der Waals surface area contributed by atoms with E-state index in [2.05, 4.69) is 5.32 Å². The van der Waals surface area contributed by atoms with E-state index in [1.807, 2.05) is 6.92 Å². The Bertz CT molecular complexity index is 770. The van der Waals surface area contributed by atoms with Gasteiger partial charge in [0.2, 0.25) is 0 Å². The van der Waals surface area contributed by atoms with Gasteiger partial charge in [-0.15, -0.1) is 0 Å². The van der Waals surface area contributed by atoms with Crippen LogP contribution in [0.2, 0.25) is 0 Å². The summed E-state index contributed by atoms with van der Waals surface area (Å²) in [5, 5.41) is 25.0. The fourth-order valence-corrected chi connectivity index (χ4v) is 6.48. The number of hydrogen-bond acceptors (Lipinski definition) is 5. The number of benzene rings is 1. The molecule has 1 N–H and O–H groups in total. The average Bonchev–Trinajstić information content (AvgIpc) is 2.59. The van der Waals surface area contributed by atoms with Gasteiger partial charge in [-0.1, -0.05) is 0 Å². The maximum absolute atomic E-state index is 12.6. The predicted molar refractivity (Wildman–Crippen MR) is 102 cm³/mol. The number of hydrogen-bond donors (Lipinski definition) is 1. The second-order valence-electron chi connectivity index (χ2n) is 9.25. The van der Waals surface area contributed by atoms with Gasteiger partial charge in [-0.25, -0.2) is 0 Å². The summed E-state index contributed by atoms with van der Waals surface area (Å²) in [5.74, 6) is 1.99. The van der Waals surface area contributed by atoms with Crippen LogP contribution in [0.3, 0.4) is 0 Å². The Kier molecular flexibility index (Phi) is 4.59. The first-order valence-electron chi connectivity index (χ1n) is 9.98. The van der Waals surface area contributed by atoms with Crippen molar-refractivity contribution in [2.75, 3.05) is 0 Å². The zero-order chi connectivity index (χ0) is 20.1. The van der Waals surface area contributed by atoms with Crippen molar-refractivity contribution >= 4 is 17.3 Å². The topological polar surface area (TPSA) is 115 Å². The second kappa shape index (κ2) is 6.83. The maximum Gasteiger partial charge on any atom is 0.277 e. The molecule has 0 radical (unpaired) electrons. The third-order valence-corrected chi connectivity index (χ3v) is 6.87. The highest BCUT2D eigenvalue weighted by Crippen LogP contribution is 2.61. The summed E-state index contributed by atoms with van der Waals surface area (Å²) in [6.45, 7) is 1.96. The SMILES string of the molecule is CC(CC12CC3CC(CC(C3)C1)C2)NC(=O)c1cc([N+](=O)[O-])cc([N+](=O)[O-])c1. The van der Waals surface area contributed by atoms with Gasteiger partial charge in [0.15, 0.2) is 0 Å². The molecule has 5 rings (SSSR count). The maximum atomic E-state index is 12.6. The van der Waals surface area contributed by atoms with Crippen LogP contribution in [-0.2, 0) is 0 Å². The first-order chi connectivity index (χ1) is 13.2. The van der Waals surface area contributed by atoms with Crippen LogP contribution >= 0.6 is 0 Å². The van der Waals surface area contributed by atoms with Crippen LogP contribution in [0.5, 0.6) is 0 Å². The monoisotopic (exact) mass is 387 g/mol. The first-order valence-corrected chi connectivity index (χ1v) is 9.98. The van der Waals surface area contributed by atoms with E-state index in [4.69, 9.17) is 0 Å². The lowest BCUT2D eigenvalue weighted by atomic mass is 9.48. The zero-order valence-corrected chi connectivity index (χ0v) is 15.9. The summed E-state index contributed by atoms with van der Waals surface area (Å²) >= 11 is 0. The summed E-state index contributed by atoms with van der Waals surface area (Å²) in [7, 11) is 0. The number of carbonyl (C=O) groups is 1. The molecule has 1 aromatic carbocycles. The molecular weight excluding hydrogens is 362 g/mol. The molecule has 4 aliphatic rings. The minimum Gasteiger partial charge on any atom is -0.350 e. The van der Waals surface area contributed by atoms with Crippen LogP contribution in [-0.4, -0.2) is 21.8 Å². The Morgan fingerprint density at radius 1 is 1.04 bits per heavy atom. The van der Waals surface area contributed by atoms with Crippen LogP contribution < -0.4 is 5.32 Å². The minimum atomic E-state index is -0.720. The lowest BCUT2D eigenvalue weighted by molar-refractivity contribution is -0.394. The molecule has 4 bridgehead atoms. The van der Waals surface area contributed by atoms with Crippen LogP contribution in [0.25, 0.3) is 0 Å². The van der Waals surface area contributed by atoms with Gasteiger partial charge in [0.05, 0.1) is 21.5 Å². The number of amides is 1. The third kappa shape index (κ3) is 3.59. The van der Waals surface area contributed by atoms with Gasteiger partial charge in [0.1, 0.15) is 0 Å². The smallest absolute Gasteiger partial charge is 0.277 e. The number of nitrogens with zero attached hydrogens (tertiary/aromatic N) is 2. The Morgan fingerprint density at radius 2 is 1.50 bits per heavy atom. The van der Waals surface area contributed by atoms with Crippen molar-refractivity contribution in [2.24, 2.45) is 23.2 Å². The lowest BCUT2D eigenvalue weighted by Crippen LogP contribution is -2.49. The molecular formula is C20H25N3O5. The molecule has 4 aliphatic carbocycles. The highest BCUT2D eigenvalue weighted by molar-refractivity contribution is 5.95. The molecule has 0 heterocycles. The lowest BCUT2D eigenvalue weighted by Gasteiger charge is -2.57. The normalized spacial score (nSPS) is 31.4. The third-order valence-electron chi connectivity index (χ3n) is 6.87. The first kappa shape index (κ1) is 18.8. The quantitative estimate of drug-likeness (QED) is 0.579. The number of nitrogens with one attached hydrogen (secondary N) is 1. The van der Waals surface area contributed by atoms with E-state index in [1.165, 1.54) is 38.5 Å². The zero-order valence-electron chi connectivity index (χ0n) is 15.9. The van der Waals surface area contributed by atoms with Gasteiger partial charge in [0, 0.05) is 18.2 Å². The molecule has 0 spiro atoms. The van der Waals surface area contributed by atoms with Gasteiger partial charge >= 0.3 is 0 Å². The van der Waals surface area contributed by atoms with Gasteiger partial charge in [-0.05, 0) is 75.0 Å². The Balaban J connectivity index is 1.46. The fourth-order valence-electron chi connectivity index (χ4n) is 6.48. The van der Waals surface area contributed by atoms with Gasteiger partial charge in [-0.2, -0.15) is 0 Å². The molecule has 4 fully saturated rings. The van der Waals surface area contributed by atoms with E-state index in [9.17, 15) is 25.0 Å². The molecule has 1 aromatic rings. The summed E-state index contributed by atoms with van der Waals surface area (Å²) in [5.41, 5.74) is -0.643. The summed E-state index contributed by atoms with van der Waals surface area (Å²) in [4.78, 5) is 33.3. The van der Waals surface area contributed by atoms with Crippen molar-refractivity contribution in [3.05, 3.63) is 44.0 Å². The Hall–Kier alpha value is -2.51. The Morgan fingerprint density at radius 3 is 1.93 bits per heavy atom. The Labute approximate surface area is 163 Å². The number of rotatable bonds is 6. The number of carbonyl (C=O) groups excluding carboxylic acids is 1. The minimum absolute atomic E-state index is 0.0433. The molecule has 0 aliphatic heterocycles. The summed E-state index contributed by atoms with van der Waals surface area (Å²) < 4.78 is 0. The second-order valence-corrected chi connectivity index (χ2v) is 9.25. The molecule has 1 atom stereocenters. The van der Waals surface area contributed by atoms with Crippen LogP contribution in [0.4, 0.5) is 11.4 Å². The van der Waals surface area contributed by atoms with Crippen molar-refractivity contribution in [1.82, 2.24) is 5.32 Å². The van der Waals surface area contributed by atoms with E-state index in [0.29, 0.717) is 5.41 Å². The van der Waals surface area contributed by atoms with E-state index >= 15 is 0 Å².